The summed E-state index contributed by atoms with van der Waals surface area (Å²) in [4.78, 5) is 11.6. The molecule has 1 N–H and O–H groups in total. The van der Waals surface area contributed by atoms with Crippen molar-refractivity contribution in [2.75, 3.05) is 13.7 Å². The van der Waals surface area contributed by atoms with Gasteiger partial charge in [0.25, 0.3) is 0 Å². The molecule has 1 unspecified atom stereocenters. The zero-order valence-corrected chi connectivity index (χ0v) is 9.82. The van der Waals surface area contributed by atoms with Crippen LogP contribution in [0.5, 0.6) is 0 Å². The van der Waals surface area contributed by atoms with Gasteiger partial charge in [-0.1, -0.05) is 29.8 Å². The lowest BCUT2D eigenvalue weighted by Gasteiger charge is -2.17. The second-order valence-electron chi connectivity index (χ2n) is 4.08. The molecular formula is C13H14NO3-. The van der Waals surface area contributed by atoms with E-state index in [-0.39, 0.29) is 17.4 Å². The molecule has 0 aliphatic carbocycles. The minimum Gasteiger partial charge on any atom is -0.616 e. The zero-order valence-electron chi connectivity index (χ0n) is 9.82. The number of carbonyl (C=O) groups excluding carboxylic acids is 1. The van der Waals surface area contributed by atoms with E-state index in [1.807, 2.05) is 31.2 Å². The lowest BCUT2D eigenvalue weighted by atomic mass is 9.93. The highest BCUT2D eigenvalue weighted by molar-refractivity contribution is 5.97. The summed E-state index contributed by atoms with van der Waals surface area (Å²) in [5.74, 6) is -1.09. The zero-order chi connectivity index (χ0) is 12.4. The van der Waals surface area contributed by atoms with E-state index in [2.05, 4.69) is 10.1 Å². The Morgan fingerprint density at radius 2 is 2.06 bits per heavy atom. The molecule has 0 radical (unpaired) electrons. The highest BCUT2D eigenvalue weighted by Gasteiger charge is 2.30. The van der Waals surface area contributed by atoms with Crippen molar-refractivity contribution in [2.45, 2.75) is 12.8 Å². The molecule has 17 heavy (non-hydrogen) atoms. The average molecular weight is 232 g/mol. The molecule has 0 spiro atoms. The number of nitrogens with one attached hydrogen (secondary N) is 1. The standard InChI is InChI=1S/C13H15NO3/c1-8-3-5-9(6-4-8)10-7-14-12(15)11(10)13(16)17-2/h3-6,10,16H,7H2,1-2H3,(H,14,15)/p-1/b13-11+. The Hall–Kier alpha value is -1.97. The maximum absolute atomic E-state index is 11.6. The van der Waals surface area contributed by atoms with E-state index < -0.39 is 5.95 Å². The van der Waals surface area contributed by atoms with Crippen LogP contribution in [0.3, 0.4) is 0 Å². The minimum atomic E-state index is -0.550. The van der Waals surface area contributed by atoms with Crippen LogP contribution in [-0.2, 0) is 9.53 Å². The van der Waals surface area contributed by atoms with Gasteiger partial charge in [-0.3, -0.25) is 4.79 Å². The number of benzene rings is 1. The molecular weight excluding hydrogens is 218 g/mol. The molecule has 4 heteroatoms. The van der Waals surface area contributed by atoms with Gasteiger partial charge < -0.3 is 15.2 Å². The first-order valence-electron chi connectivity index (χ1n) is 5.43. The Kier molecular flexibility index (Phi) is 3.04. The van der Waals surface area contributed by atoms with Gasteiger partial charge in [-0.2, -0.15) is 0 Å². The molecule has 1 aliphatic heterocycles. The normalized spacial score (nSPS) is 22.2. The van der Waals surface area contributed by atoms with Gasteiger partial charge in [0, 0.05) is 18.0 Å². The van der Waals surface area contributed by atoms with Crippen molar-refractivity contribution in [1.82, 2.24) is 5.32 Å². The number of ether oxygens (including phenoxy) is 1. The molecule has 1 fully saturated rings. The summed E-state index contributed by atoms with van der Waals surface area (Å²) in [6, 6.07) is 7.80. The molecule has 1 amide bonds. The summed E-state index contributed by atoms with van der Waals surface area (Å²) in [5.41, 5.74) is 2.29. The molecule has 0 saturated carbocycles. The van der Waals surface area contributed by atoms with Crippen molar-refractivity contribution >= 4 is 5.91 Å². The number of methoxy groups -OCH3 is 1. The molecule has 1 saturated heterocycles. The van der Waals surface area contributed by atoms with Crippen LogP contribution in [0, 0.1) is 6.92 Å². The summed E-state index contributed by atoms with van der Waals surface area (Å²) < 4.78 is 4.64. The molecule has 90 valence electrons. The fourth-order valence-corrected chi connectivity index (χ4v) is 1.98. The number of hydrogen-bond donors (Lipinski definition) is 1. The monoisotopic (exact) mass is 232 g/mol. The van der Waals surface area contributed by atoms with Crippen LogP contribution in [0.25, 0.3) is 0 Å². The van der Waals surface area contributed by atoms with Crippen LogP contribution in [0.2, 0.25) is 0 Å². The van der Waals surface area contributed by atoms with Crippen LogP contribution in [-0.4, -0.2) is 19.6 Å². The van der Waals surface area contributed by atoms with Crippen molar-refractivity contribution in [3.8, 4) is 0 Å². The van der Waals surface area contributed by atoms with Gasteiger partial charge in [-0.05, 0) is 19.6 Å². The second kappa shape index (κ2) is 4.49. The lowest BCUT2D eigenvalue weighted by Crippen LogP contribution is -2.18. The summed E-state index contributed by atoms with van der Waals surface area (Å²) >= 11 is 0. The molecule has 1 aromatic carbocycles. The second-order valence-corrected chi connectivity index (χ2v) is 4.08. The molecule has 1 heterocycles. The van der Waals surface area contributed by atoms with E-state index in [9.17, 15) is 9.90 Å². The van der Waals surface area contributed by atoms with Gasteiger partial charge in [-0.15, -0.1) is 0 Å². The van der Waals surface area contributed by atoms with Crippen LogP contribution < -0.4 is 10.4 Å². The molecule has 2 rings (SSSR count). The van der Waals surface area contributed by atoms with Gasteiger partial charge >= 0.3 is 0 Å². The van der Waals surface area contributed by atoms with Crippen molar-refractivity contribution in [3.63, 3.8) is 0 Å². The summed E-state index contributed by atoms with van der Waals surface area (Å²) in [6.07, 6.45) is 0. The first kappa shape index (κ1) is 11.5. The predicted molar refractivity (Wildman–Crippen MR) is 61.0 cm³/mol. The molecule has 1 aliphatic rings. The largest absolute Gasteiger partial charge is 0.616 e. The first-order valence-corrected chi connectivity index (χ1v) is 5.43. The number of hydrogen-bond acceptors (Lipinski definition) is 3. The van der Waals surface area contributed by atoms with Crippen LogP contribution in [0.15, 0.2) is 35.8 Å². The third kappa shape index (κ3) is 2.11. The maximum Gasteiger partial charge on any atom is 0.249 e. The number of rotatable bonds is 2. The Bertz CT molecular complexity index is 462. The number of carbonyl (C=O) groups is 1. The van der Waals surface area contributed by atoms with Crippen LogP contribution in [0.4, 0.5) is 0 Å². The summed E-state index contributed by atoms with van der Waals surface area (Å²) in [7, 11) is 1.28. The quantitative estimate of drug-likeness (QED) is 0.594. The van der Waals surface area contributed by atoms with Crippen molar-refractivity contribution in [2.24, 2.45) is 0 Å². The van der Waals surface area contributed by atoms with E-state index in [1.54, 1.807) is 0 Å². The number of aryl methyl sites for hydroxylation is 1. The Morgan fingerprint density at radius 3 is 2.65 bits per heavy atom. The Morgan fingerprint density at radius 1 is 1.41 bits per heavy atom. The predicted octanol–water partition coefficient (Wildman–Crippen LogP) is 0.427. The van der Waals surface area contributed by atoms with Gasteiger partial charge in [0.2, 0.25) is 5.91 Å². The molecule has 4 nitrogen and oxygen atoms in total. The lowest BCUT2D eigenvalue weighted by molar-refractivity contribution is -0.354. The summed E-state index contributed by atoms with van der Waals surface area (Å²) in [6.45, 7) is 2.44. The van der Waals surface area contributed by atoms with Gasteiger partial charge in [0.1, 0.15) is 0 Å². The molecule has 1 atom stereocenters. The average Bonchev–Trinajstić information content (AvgIpc) is 2.71. The maximum atomic E-state index is 11.6. The highest BCUT2D eigenvalue weighted by atomic mass is 16.6. The van der Waals surface area contributed by atoms with E-state index in [4.69, 9.17) is 0 Å². The van der Waals surface area contributed by atoms with Crippen molar-refractivity contribution in [1.29, 1.82) is 0 Å². The Labute approximate surface area is 99.9 Å². The highest BCUT2D eigenvalue weighted by Crippen LogP contribution is 2.29. The fraction of sp³-hybridized carbons (Fsp3) is 0.308. The van der Waals surface area contributed by atoms with E-state index in [0.717, 1.165) is 11.1 Å². The fourth-order valence-electron chi connectivity index (χ4n) is 1.98. The summed E-state index contributed by atoms with van der Waals surface area (Å²) in [5, 5.41) is 14.2. The van der Waals surface area contributed by atoms with Gasteiger partial charge in [0.15, 0.2) is 0 Å². The molecule has 0 bridgehead atoms. The first-order chi connectivity index (χ1) is 8.13. The van der Waals surface area contributed by atoms with Crippen LogP contribution in [0.1, 0.15) is 17.0 Å². The van der Waals surface area contributed by atoms with Crippen LogP contribution >= 0.6 is 0 Å². The molecule has 1 aromatic rings. The van der Waals surface area contributed by atoms with E-state index in [1.165, 1.54) is 7.11 Å². The van der Waals surface area contributed by atoms with Gasteiger partial charge in [-0.25, -0.2) is 0 Å². The van der Waals surface area contributed by atoms with Crippen molar-refractivity contribution < 1.29 is 14.6 Å². The van der Waals surface area contributed by atoms with E-state index in [0.29, 0.717) is 6.54 Å². The minimum absolute atomic E-state index is 0.191. The van der Waals surface area contributed by atoms with Crippen molar-refractivity contribution in [3.05, 3.63) is 46.9 Å². The van der Waals surface area contributed by atoms with E-state index >= 15 is 0 Å². The number of amides is 1. The SMILES string of the molecule is CO/C([O-])=C1/C(=O)NCC1c1ccc(C)cc1. The van der Waals surface area contributed by atoms with Gasteiger partial charge in [0.05, 0.1) is 5.95 Å². The smallest absolute Gasteiger partial charge is 0.249 e. The Balaban J connectivity index is 2.39. The topological polar surface area (TPSA) is 61.4 Å². The third-order valence-electron chi connectivity index (χ3n) is 2.94. The molecule has 0 aromatic heterocycles. The third-order valence-corrected chi connectivity index (χ3v) is 2.94.